The number of hydrogen-bond donors (Lipinski definition) is 2. The molecule has 10 heteroatoms. The van der Waals surface area contributed by atoms with Gasteiger partial charge in [-0.3, -0.25) is 18.6 Å². The molecule has 2 N–H and O–H groups in total. The second-order valence-electron chi connectivity index (χ2n) is 22.9. The molecule has 1 amide bonds. The van der Waals surface area contributed by atoms with Gasteiger partial charge in [-0.1, -0.05) is 250 Å². The molecule has 3 atom stereocenters. The third-order valence-electron chi connectivity index (χ3n) is 14.3. The number of hydrogen-bond acceptors (Lipinski definition) is 6. The Morgan fingerprint density at radius 2 is 0.784 bits per heavy atom. The number of allylic oxidation sites excluding steroid dienone is 5. The van der Waals surface area contributed by atoms with E-state index in [1.807, 2.05) is 33.3 Å². The van der Waals surface area contributed by atoms with Crippen LogP contribution in [0.25, 0.3) is 0 Å². The summed E-state index contributed by atoms with van der Waals surface area (Å²) in [5, 5.41) is 3.05. The fourth-order valence-corrected chi connectivity index (χ4v) is 10.1. The van der Waals surface area contributed by atoms with Crippen molar-refractivity contribution in [3.05, 3.63) is 36.5 Å². The number of phosphoric ester groups is 1. The van der Waals surface area contributed by atoms with Crippen molar-refractivity contribution >= 4 is 19.7 Å². The van der Waals surface area contributed by atoms with E-state index < -0.39 is 20.0 Å². The van der Waals surface area contributed by atoms with Crippen molar-refractivity contribution in [2.75, 3.05) is 40.9 Å². The lowest BCUT2D eigenvalue weighted by atomic mass is 10.0. The van der Waals surface area contributed by atoms with Crippen molar-refractivity contribution in [2.24, 2.45) is 0 Å². The zero-order chi connectivity index (χ0) is 54.3. The molecule has 0 bridgehead atoms. The standard InChI is InChI=1S/C64H123N2O7P/c1-7-10-13-16-19-22-25-28-30-31-32-33-34-35-36-39-42-45-48-51-54-57-64(68)73-62(55-52-49-46-43-40-37-27-24-21-18-15-12-9-3)61(60-72-74(69,70)71-59-58-66(4,5)6)65-63(67)56-53-50-47-44-41-38-29-26-23-20-17-14-11-8-2/h28,30,38,41,52,55,61-62H,7-27,29,31-37,39-40,42-51,53-54,56-60H2,1-6H3,(H-,65,67,69,70)/p+1/b30-28+,41-38-,55-52-. The fourth-order valence-electron chi connectivity index (χ4n) is 9.34. The summed E-state index contributed by atoms with van der Waals surface area (Å²) in [6.07, 6.45) is 65.7. The summed E-state index contributed by atoms with van der Waals surface area (Å²) in [4.78, 5) is 37.7. The zero-order valence-electron chi connectivity index (χ0n) is 49.9. The highest BCUT2D eigenvalue weighted by molar-refractivity contribution is 7.47. The quantitative estimate of drug-likeness (QED) is 0.0205. The number of nitrogens with zero attached hydrogens (tertiary/aromatic N) is 1. The molecule has 0 aromatic heterocycles. The Morgan fingerprint density at radius 1 is 0.459 bits per heavy atom. The molecule has 436 valence electrons. The molecular weight excluding hydrogens is 940 g/mol. The van der Waals surface area contributed by atoms with Crippen LogP contribution in [0.2, 0.25) is 0 Å². The van der Waals surface area contributed by atoms with Crippen LogP contribution >= 0.6 is 7.82 Å². The molecule has 0 aliphatic carbocycles. The van der Waals surface area contributed by atoms with Gasteiger partial charge in [-0.05, 0) is 83.1 Å². The number of nitrogens with one attached hydrogen (secondary N) is 1. The molecule has 0 aromatic rings. The molecule has 0 aliphatic rings. The SMILES string of the molecule is CCCCCCCC/C=C/CCCCCCCCCCCCCC(=O)OC(/C=C\CCCCCCCCCCCCC)C(COP(=O)(O)OCC[N+](C)(C)C)NC(=O)CCCCC/C=C\CCCCCCCCC. The van der Waals surface area contributed by atoms with Gasteiger partial charge in [0.05, 0.1) is 33.8 Å². The number of unbranched alkanes of at least 4 members (excludes halogenated alkanes) is 38. The van der Waals surface area contributed by atoms with Gasteiger partial charge in [-0.15, -0.1) is 0 Å². The molecule has 3 unspecified atom stereocenters. The van der Waals surface area contributed by atoms with E-state index in [0.29, 0.717) is 23.9 Å². The van der Waals surface area contributed by atoms with Crippen molar-refractivity contribution < 1.29 is 37.3 Å². The smallest absolute Gasteiger partial charge is 0.456 e. The number of quaternary nitrogens is 1. The molecule has 0 saturated heterocycles. The lowest BCUT2D eigenvalue weighted by Gasteiger charge is -2.27. The number of phosphoric acid groups is 1. The van der Waals surface area contributed by atoms with E-state index in [4.69, 9.17) is 13.8 Å². The first-order chi connectivity index (χ1) is 35.9. The van der Waals surface area contributed by atoms with Crippen molar-refractivity contribution in [3.8, 4) is 0 Å². The van der Waals surface area contributed by atoms with Gasteiger partial charge in [0.25, 0.3) is 0 Å². The summed E-state index contributed by atoms with van der Waals surface area (Å²) in [6.45, 7) is 7.03. The van der Waals surface area contributed by atoms with Crippen LogP contribution in [-0.4, -0.2) is 74.3 Å². The Labute approximate surface area is 459 Å². The second kappa shape index (κ2) is 54.6. The number of carbonyl (C=O) groups is 2. The second-order valence-corrected chi connectivity index (χ2v) is 24.4. The summed E-state index contributed by atoms with van der Waals surface area (Å²) in [5.41, 5.74) is 0. The highest BCUT2D eigenvalue weighted by Crippen LogP contribution is 2.43. The third-order valence-corrected chi connectivity index (χ3v) is 15.3. The largest absolute Gasteiger partial charge is 0.472 e. The summed E-state index contributed by atoms with van der Waals surface area (Å²) in [7, 11) is 1.50. The Morgan fingerprint density at radius 3 is 1.16 bits per heavy atom. The maximum absolute atomic E-state index is 13.5. The van der Waals surface area contributed by atoms with Gasteiger partial charge in [-0.2, -0.15) is 0 Å². The highest BCUT2D eigenvalue weighted by atomic mass is 31.2. The summed E-state index contributed by atoms with van der Waals surface area (Å²) in [5.74, 6) is -0.512. The van der Waals surface area contributed by atoms with Crippen LogP contribution in [0.3, 0.4) is 0 Å². The number of rotatable bonds is 58. The lowest BCUT2D eigenvalue weighted by molar-refractivity contribution is -0.870. The number of carbonyl (C=O) groups excluding carboxylic acids is 2. The molecule has 0 fully saturated rings. The van der Waals surface area contributed by atoms with Gasteiger partial charge in [-0.25, -0.2) is 4.57 Å². The monoisotopic (exact) mass is 1060 g/mol. The van der Waals surface area contributed by atoms with Gasteiger partial charge in [0, 0.05) is 12.8 Å². The number of esters is 1. The number of amides is 1. The van der Waals surface area contributed by atoms with Gasteiger partial charge >= 0.3 is 13.8 Å². The summed E-state index contributed by atoms with van der Waals surface area (Å²) < 4.78 is 30.7. The first kappa shape index (κ1) is 72.2. The first-order valence-corrected chi connectivity index (χ1v) is 33.3. The van der Waals surface area contributed by atoms with Crippen molar-refractivity contribution in [1.29, 1.82) is 0 Å². The maximum Gasteiger partial charge on any atom is 0.472 e. The molecule has 74 heavy (non-hydrogen) atoms. The molecule has 9 nitrogen and oxygen atoms in total. The molecule has 0 rings (SSSR count). The van der Waals surface area contributed by atoms with Crippen molar-refractivity contribution in [3.63, 3.8) is 0 Å². The molecule has 0 aromatic carbocycles. The van der Waals surface area contributed by atoms with Crippen LogP contribution in [-0.2, 0) is 27.9 Å². The Bertz CT molecular complexity index is 1360. The molecule has 0 spiro atoms. The van der Waals surface area contributed by atoms with E-state index in [-0.39, 0.29) is 25.1 Å². The third kappa shape index (κ3) is 55.0. The van der Waals surface area contributed by atoms with Gasteiger partial charge in [0.15, 0.2) is 0 Å². The Hall–Kier alpha value is -1.77. The topological polar surface area (TPSA) is 111 Å². The minimum absolute atomic E-state index is 0.0393. The summed E-state index contributed by atoms with van der Waals surface area (Å²) in [6, 6.07) is -0.853. The first-order valence-electron chi connectivity index (χ1n) is 31.8. The number of likely N-dealkylation sites (N-methyl/N-ethyl adjacent to an activating group) is 1. The van der Waals surface area contributed by atoms with E-state index in [9.17, 15) is 19.0 Å². The van der Waals surface area contributed by atoms with Crippen LogP contribution in [0.1, 0.15) is 310 Å². The average Bonchev–Trinajstić information content (AvgIpc) is 3.36. The normalized spacial score (nSPS) is 13.9. The average molecular weight is 1060 g/mol. The van der Waals surface area contributed by atoms with Crippen LogP contribution in [0, 0.1) is 0 Å². The predicted octanol–water partition coefficient (Wildman–Crippen LogP) is 19.5. The fraction of sp³-hybridized carbons (Fsp3) is 0.875. The maximum atomic E-state index is 13.5. The predicted molar refractivity (Wildman–Crippen MR) is 319 cm³/mol. The Kier molecular flexibility index (Phi) is 53.3. The van der Waals surface area contributed by atoms with E-state index in [1.165, 1.54) is 205 Å². The minimum Gasteiger partial charge on any atom is -0.456 e. The highest BCUT2D eigenvalue weighted by Gasteiger charge is 2.30. The van der Waals surface area contributed by atoms with Gasteiger partial charge in [0.2, 0.25) is 5.91 Å². The van der Waals surface area contributed by atoms with E-state index in [1.54, 1.807) is 0 Å². The van der Waals surface area contributed by atoms with Crippen molar-refractivity contribution in [1.82, 2.24) is 5.32 Å². The Balaban J connectivity index is 5.22. The lowest BCUT2D eigenvalue weighted by Crippen LogP contribution is -2.47. The molecule has 0 saturated carbocycles. The minimum atomic E-state index is -4.45. The van der Waals surface area contributed by atoms with Gasteiger partial charge < -0.3 is 19.4 Å². The molecule has 0 aliphatic heterocycles. The molecular formula is C64H124N2O7P+. The molecule has 0 heterocycles. The van der Waals surface area contributed by atoms with Crippen LogP contribution in [0.5, 0.6) is 0 Å². The van der Waals surface area contributed by atoms with Gasteiger partial charge in [0.1, 0.15) is 19.3 Å². The molecule has 0 radical (unpaired) electrons. The van der Waals surface area contributed by atoms with E-state index in [0.717, 1.165) is 70.6 Å². The van der Waals surface area contributed by atoms with Crippen LogP contribution < -0.4 is 5.32 Å². The summed E-state index contributed by atoms with van der Waals surface area (Å²) >= 11 is 0. The van der Waals surface area contributed by atoms with E-state index in [2.05, 4.69) is 50.4 Å². The zero-order valence-corrected chi connectivity index (χ0v) is 50.7. The van der Waals surface area contributed by atoms with Crippen LogP contribution in [0.4, 0.5) is 0 Å². The van der Waals surface area contributed by atoms with Crippen LogP contribution in [0.15, 0.2) is 36.5 Å². The number of ether oxygens (including phenoxy) is 1. The van der Waals surface area contributed by atoms with E-state index >= 15 is 0 Å². The van der Waals surface area contributed by atoms with Crippen molar-refractivity contribution in [2.45, 2.75) is 322 Å².